The summed E-state index contributed by atoms with van der Waals surface area (Å²) in [5.41, 5.74) is 3.83. The molecule has 1 aromatic carbocycles. The first-order chi connectivity index (χ1) is 9.13. The van der Waals surface area contributed by atoms with E-state index in [9.17, 15) is 0 Å². The Hall–Kier alpha value is -1.25. The van der Waals surface area contributed by atoms with Gasteiger partial charge in [0.1, 0.15) is 5.76 Å². The molecular formula is C16H20ClNO. The van der Waals surface area contributed by atoms with E-state index >= 15 is 0 Å². The minimum Gasteiger partial charge on any atom is -0.448 e. The fourth-order valence-electron chi connectivity index (χ4n) is 2.22. The quantitative estimate of drug-likeness (QED) is 0.861. The number of rotatable bonds is 5. The molecule has 0 aliphatic heterocycles. The molecule has 102 valence electrons. The number of furan rings is 1. The summed E-state index contributed by atoms with van der Waals surface area (Å²) in [5.74, 6) is 0.868. The van der Waals surface area contributed by atoms with E-state index in [-0.39, 0.29) is 6.04 Å². The maximum atomic E-state index is 5.90. The molecular weight excluding hydrogens is 258 g/mol. The number of nitrogens with one attached hydrogen (secondary N) is 1. The molecule has 0 amide bonds. The standard InChI is InChI=1S/C16H20ClNO/c1-4-10-18-16(14-8-9-15(17)19-14)13-7-5-6-11(2)12(13)3/h5-9,16,18H,4,10H2,1-3H3. The van der Waals surface area contributed by atoms with E-state index in [0.717, 1.165) is 18.7 Å². The first kappa shape index (κ1) is 14.2. The number of hydrogen-bond acceptors (Lipinski definition) is 2. The van der Waals surface area contributed by atoms with Gasteiger partial charge in [-0.25, -0.2) is 0 Å². The normalized spacial score (nSPS) is 12.6. The van der Waals surface area contributed by atoms with Gasteiger partial charge in [-0.05, 0) is 67.2 Å². The second-order valence-corrected chi connectivity index (χ2v) is 5.19. The molecule has 3 heteroatoms. The molecule has 0 spiro atoms. The van der Waals surface area contributed by atoms with Crippen LogP contribution in [-0.4, -0.2) is 6.54 Å². The first-order valence-corrected chi connectivity index (χ1v) is 7.06. The van der Waals surface area contributed by atoms with E-state index in [4.69, 9.17) is 16.0 Å². The molecule has 0 aliphatic rings. The van der Waals surface area contributed by atoms with E-state index in [2.05, 4.69) is 44.3 Å². The van der Waals surface area contributed by atoms with E-state index in [1.165, 1.54) is 16.7 Å². The van der Waals surface area contributed by atoms with Crippen LogP contribution < -0.4 is 5.32 Å². The van der Waals surface area contributed by atoms with Crippen LogP contribution in [0.5, 0.6) is 0 Å². The molecule has 2 rings (SSSR count). The summed E-state index contributed by atoms with van der Waals surface area (Å²) >= 11 is 5.90. The summed E-state index contributed by atoms with van der Waals surface area (Å²) in [6.45, 7) is 7.37. The Morgan fingerprint density at radius 1 is 1.21 bits per heavy atom. The third kappa shape index (κ3) is 3.20. The molecule has 1 unspecified atom stereocenters. The van der Waals surface area contributed by atoms with Gasteiger partial charge in [0.25, 0.3) is 0 Å². The summed E-state index contributed by atoms with van der Waals surface area (Å²) in [6.07, 6.45) is 1.08. The molecule has 1 N–H and O–H groups in total. The van der Waals surface area contributed by atoms with Crippen molar-refractivity contribution in [3.05, 3.63) is 58.0 Å². The van der Waals surface area contributed by atoms with Gasteiger partial charge in [0.05, 0.1) is 6.04 Å². The van der Waals surface area contributed by atoms with Gasteiger partial charge in [0.2, 0.25) is 0 Å². The third-order valence-corrected chi connectivity index (χ3v) is 3.64. The number of aryl methyl sites for hydroxylation is 1. The summed E-state index contributed by atoms with van der Waals surface area (Å²) in [7, 11) is 0. The fourth-order valence-corrected chi connectivity index (χ4v) is 2.37. The van der Waals surface area contributed by atoms with Gasteiger partial charge in [-0.2, -0.15) is 0 Å². The monoisotopic (exact) mass is 277 g/mol. The van der Waals surface area contributed by atoms with Gasteiger partial charge in [0.15, 0.2) is 5.22 Å². The molecule has 0 bridgehead atoms. The molecule has 0 radical (unpaired) electrons. The second kappa shape index (κ2) is 6.27. The van der Waals surface area contributed by atoms with Crippen molar-refractivity contribution in [1.29, 1.82) is 0 Å². The smallest absolute Gasteiger partial charge is 0.193 e. The summed E-state index contributed by atoms with van der Waals surface area (Å²) in [6, 6.07) is 10.2. The van der Waals surface area contributed by atoms with Gasteiger partial charge in [-0.15, -0.1) is 0 Å². The van der Waals surface area contributed by atoms with E-state index < -0.39 is 0 Å². The van der Waals surface area contributed by atoms with Crippen LogP contribution in [0.15, 0.2) is 34.7 Å². The van der Waals surface area contributed by atoms with Crippen molar-refractivity contribution in [3.63, 3.8) is 0 Å². The second-order valence-electron chi connectivity index (χ2n) is 4.82. The maximum absolute atomic E-state index is 5.90. The van der Waals surface area contributed by atoms with Crippen molar-refractivity contribution in [3.8, 4) is 0 Å². The number of halogens is 1. The van der Waals surface area contributed by atoms with Crippen LogP contribution in [0.2, 0.25) is 5.22 Å². The third-order valence-electron chi connectivity index (χ3n) is 3.43. The Balaban J connectivity index is 2.39. The van der Waals surface area contributed by atoms with Gasteiger partial charge >= 0.3 is 0 Å². The average Bonchev–Trinajstić information content (AvgIpc) is 2.81. The molecule has 1 heterocycles. The van der Waals surface area contributed by atoms with E-state index in [1.807, 2.05) is 6.07 Å². The van der Waals surface area contributed by atoms with Crippen LogP contribution in [0.3, 0.4) is 0 Å². The highest BCUT2D eigenvalue weighted by Crippen LogP contribution is 2.29. The highest BCUT2D eigenvalue weighted by molar-refractivity contribution is 6.28. The maximum Gasteiger partial charge on any atom is 0.193 e. The van der Waals surface area contributed by atoms with Crippen LogP contribution >= 0.6 is 11.6 Å². The highest BCUT2D eigenvalue weighted by Gasteiger charge is 2.19. The largest absolute Gasteiger partial charge is 0.448 e. The van der Waals surface area contributed by atoms with Crippen LogP contribution in [0.4, 0.5) is 0 Å². The van der Waals surface area contributed by atoms with Gasteiger partial charge in [-0.1, -0.05) is 25.1 Å². The SMILES string of the molecule is CCCNC(c1ccc(Cl)o1)c1cccc(C)c1C. The molecule has 0 aliphatic carbocycles. The Bertz CT molecular complexity index is 547. The molecule has 2 aromatic rings. The summed E-state index contributed by atoms with van der Waals surface area (Å²) in [5, 5.41) is 3.96. The van der Waals surface area contributed by atoms with Crippen molar-refractivity contribution in [2.45, 2.75) is 33.2 Å². The molecule has 1 atom stereocenters. The zero-order chi connectivity index (χ0) is 13.8. The van der Waals surface area contributed by atoms with Crippen molar-refractivity contribution in [1.82, 2.24) is 5.32 Å². The molecule has 19 heavy (non-hydrogen) atoms. The lowest BCUT2D eigenvalue weighted by atomic mass is 9.96. The first-order valence-electron chi connectivity index (χ1n) is 6.68. The van der Waals surface area contributed by atoms with E-state index in [1.54, 1.807) is 6.07 Å². The van der Waals surface area contributed by atoms with Gasteiger partial charge < -0.3 is 9.73 Å². The molecule has 1 aromatic heterocycles. The zero-order valence-electron chi connectivity index (χ0n) is 11.7. The predicted octanol–water partition coefficient (Wildman–Crippen LogP) is 4.64. The van der Waals surface area contributed by atoms with Gasteiger partial charge in [-0.3, -0.25) is 0 Å². The van der Waals surface area contributed by atoms with Crippen molar-refractivity contribution in [2.24, 2.45) is 0 Å². The predicted molar refractivity (Wildman–Crippen MR) is 79.8 cm³/mol. The van der Waals surface area contributed by atoms with Crippen LogP contribution in [0.1, 0.15) is 41.8 Å². The Kier molecular flexibility index (Phi) is 4.67. The topological polar surface area (TPSA) is 25.2 Å². The lowest BCUT2D eigenvalue weighted by molar-refractivity contribution is 0.447. The Morgan fingerprint density at radius 3 is 2.63 bits per heavy atom. The lowest BCUT2D eigenvalue weighted by Gasteiger charge is -2.20. The van der Waals surface area contributed by atoms with Crippen LogP contribution in [-0.2, 0) is 0 Å². The molecule has 0 saturated heterocycles. The lowest BCUT2D eigenvalue weighted by Crippen LogP contribution is -2.23. The number of benzene rings is 1. The van der Waals surface area contributed by atoms with E-state index in [0.29, 0.717) is 5.22 Å². The molecule has 0 saturated carbocycles. The fraction of sp³-hybridized carbons (Fsp3) is 0.375. The summed E-state index contributed by atoms with van der Waals surface area (Å²) < 4.78 is 5.59. The minimum atomic E-state index is 0.0624. The van der Waals surface area contributed by atoms with Gasteiger partial charge in [0, 0.05) is 0 Å². The average molecular weight is 278 g/mol. The van der Waals surface area contributed by atoms with Crippen molar-refractivity contribution in [2.75, 3.05) is 6.54 Å². The van der Waals surface area contributed by atoms with Crippen LogP contribution in [0, 0.1) is 13.8 Å². The van der Waals surface area contributed by atoms with Crippen LogP contribution in [0.25, 0.3) is 0 Å². The highest BCUT2D eigenvalue weighted by atomic mass is 35.5. The zero-order valence-corrected chi connectivity index (χ0v) is 12.4. The molecule has 0 fully saturated rings. The van der Waals surface area contributed by atoms with Crippen molar-refractivity contribution < 1.29 is 4.42 Å². The summed E-state index contributed by atoms with van der Waals surface area (Å²) in [4.78, 5) is 0. The Labute approximate surface area is 119 Å². The minimum absolute atomic E-state index is 0.0624. The molecule has 2 nitrogen and oxygen atoms in total. The van der Waals surface area contributed by atoms with Crippen molar-refractivity contribution >= 4 is 11.6 Å². The Morgan fingerprint density at radius 2 is 2.00 bits per heavy atom. The number of hydrogen-bond donors (Lipinski definition) is 1.